The van der Waals surface area contributed by atoms with E-state index >= 15 is 0 Å². The fourth-order valence-corrected chi connectivity index (χ4v) is 2.25. The number of allylic oxidation sites excluding steroid dienone is 5. The van der Waals surface area contributed by atoms with E-state index in [4.69, 9.17) is 4.74 Å². The van der Waals surface area contributed by atoms with Crippen molar-refractivity contribution in [3.05, 3.63) is 71.8 Å². The van der Waals surface area contributed by atoms with Crippen LogP contribution in [0.1, 0.15) is 26.3 Å². The molecule has 0 saturated carbocycles. The summed E-state index contributed by atoms with van der Waals surface area (Å²) in [5.41, 5.74) is 4.71. The zero-order chi connectivity index (χ0) is 15.4. The Kier molecular flexibility index (Phi) is 4.64. The molecular weight excluding hydrogens is 256 g/mol. The van der Waals surface area contributed by atoms with Gasteiger partial charge in [-0.1, -0.05) is 48.1 Å². The highest BCUT2D eigenvalue weighted by Crippen LogP contribution is 2.27. The summed E-state index contributed by atoms with van der Waals surface area (Å²) in [6.07, 6.45) is 4.27. The summed E-state index contributed by atoms with van der Waals surface area (Å²) in [6, 6.07) is 12.6. The first-order chi connectivity index (χ1) is 10.0. The van der Waals surface area contributed by atoms with E-state index in [2.05, 4.69) is 62.9 Å². The standard InChI is InChI=1S/C20H22O/c1-14(2)6-11-20(15(3)4)18-8-7-17-13-19(21-5)10-9-16(17)12-18/h6-13H,3H2,1-2,4-5H3/b20-11+. The molecule has 2 rings (SSSR count). The molecule has 2 aromatic carbocycles. The van der Waals surface area contributed by atoms with Gasteiger partial charge in [0.2, 0.25) is 0 Å². The Morgan fingerprint density at radius 2 is 1.62 bits per heavy atom. The van der Waals surface area contributed by atoms with Gasteiger partial charge in [0, 0.05) is 0 Å². The highest BCUT2D eigenvalue weighted by Gasteiger charge is 2.04. The molecule has 0 saturated heterocycles. The largest absolute Gasteiger partial charge is 0.497 e. The Hall–Kier alpha value is -2.28. The molecule has 21 heavy (non-hydrogen) atoms. The van der Waals surface area contributed by atoms with Crippen LogP contribution in [0.25, 0.3) is 16.3 Å². The minimum absolute atomic E-state index is 0.885. The Balaban J connectivity index is 2.52. The van der Waals surface area contributed by atoms with Gasteiger partial charge in [0.15, 0.2) is 0 Å². The first-order valence-electron chi connectivity index (χ1n) is 7.10. The molecule has 1 nitrogen and oxygen atoms in total. The fraction of sp³-hybridized carbons (Fsp3) is 0.200. The van der Waals surface area contributed by atoms with Crippen molar-refractivity contribution in [3.8, 4) is 5.75 Å². The summed E-state index contributed by atoms with van der Waals surface area (Å²) in [6.45, 7) is 10.3. The Morgan fingerprint density at radius 3 is 2.24 bits per heavy atom. The van der Waals surface area contributed by atoms with Gasteiger partial charge in [-0.25, -0.2) is 0 Å². The molecule has 0 amide bonds. The molecule has 0 fully saturated rings. The van der Waals surface area contributed by atoms with Gasteiger partial charge in [0.1, 0.15) is 5.75 Å². The molecule has 2 aromatic rings. The summed E-state index contributed by atoms with van der Waals surface area (Å²) in [4.78, 5) is 0. The van der Waals surface area contributed by atoms with Crippen LogP contribution in [-0.2, 0) is 0 Å². The van der Waals surface area contributed by atoms with Gasteiger partial charge >= 0.3 is 0 Å². The Morgan fingerprint density at radius 1 is 0.952 bits per heavy atom. The molecule has 0 bridgehead atoms. The molecule has 1 heteroatoms. The number of hydrogen-bond acceptors (Lipinski definition) is 1. The summed E-state index contributed by atoms with van der Waals surface area (Å²) in [7, 11) is 1.69. The van der Waals surface area contributed by atoms with Crippen LogP contribution in [0, 0.1) is 0 Å². The van der Waals surface area contributed by atoms with Crippen molar-refractivity contribution in [2.45, 2.75) is 20.8 Å². The van der Waals surface area contributed by atoms with Crippen molar-refractivity contribution in [3.63, 3.8) is 0 Å². The molecule has 0 spiro atoms. The van der Waals surface area contributed by atoms with Crippen molar-refractivity contribution < 1.29 is 4.74 Å². The van der Waals surface area contributed by atoms with E-state index < -0.39 is 0 Å². The predicted octanol–water partition coefficient (Wildman–Crippen LogP) is 5.77. The topological polar surface area (TPSA) is 9.23 Å². The minimum atomic E-state index is 0.885. The lowest BCUT2D eigenvalue weighted by atomic mass is 9.96. The van der Waals surface area contributed by atoms with Crippen LogP contribution in [0.3, 0.4) is 0 Å². The zero-order valence-electron chi connectivity index (χ0n) is 13.2. The quantitative estimate of drug-likeness (QED) is 0.645. The van der Waals surface area contributed by atoms with Crippen LogP contribution < -0.4 is 4.74 Å². The number of ether oxygens (including phenoxy) is 1. The van der Waals surface area contributed by atoms with E-state index in [1.165, 1.54) is 27.5 Å². The van der Waals surface area contributed by atoms with E-state index in [9.17, 15) is 0 Å². The lowest BCUT2D eigenvalue weighted by Crippen LogP contribution is -1.87. The molecule has 0 aromatic heterocycles. The normalized spacial score (nSPS) is 11.3. The second kappa shape index (κ2) is 6.45. The third kappa shape index (κ3) is 3.63. The van der Waals surface area contributed by atoms with Gasteiger partial charge in [0.05, 0.1) is 7.11 Å². The van der Waals surface area contributed by atoms with Gasteiger partial charge in [-0.05, 0) is 60.9 Å². The van der Waals surface area contributed by atoms with Gasteiger partial charge < -0.3 is 4.74 Å². The van der Waals surface area contributed by atoms with E-state index in [1.54, 1.807) is 7.11 Å². The monoisotopic (exact) mass is 278 g/mol. The van der Waals surface area contributed by atoms with E-state index in [0.29, 0.717) is 0 Å². The summed E-state index contributed by atoms with van der Waals surface area (Å²) >= 11 is 0. The molecular formula is C20H22O. The van der Waals surface area contributed by atoms with Crippen molar-refractivity contribution >= 4 is 16.3 Å². The van der Waals surface area contributed by atoms with Gasteiger partial charge in [-0.15, -0.1) is 0 Å². The molecule has 108 valence electrons. The van der Waals surface area contributed by atoms with Gasteiger partial charge in [-0.3, -0.25) is 0 Å². The van der Waals surface area contributed by atoms with Crippen LogP contribution in [0.15, 0.2) is 66.3 Å². The summed E-state index contributed by atoms with van der Waals surface area (Å²) < 4.78 is 5.27. The maximum atomic E-state index is 5.27. The van der Waals surface area contributed by atoms with Crippen LogP contribution in [0.4, 0.5) is 0 Å². The minimum Gasteiger partial charge on any atom is -0.497 e. The number of fused-ring (bicyclic) bond motifs is 1. The molecule has 0 aliphatic heterocycles. The van der Waals surface area contributed by atoms with E-state index in [0.717, 1.165) is 11.3 Å². The molecule has 0 atom stereocenters. The number of hydrogen-bond donors (Lipinski definition) is 0. The second-order valence-corrected chi connectivity index (χ2v) is 5.53. The molecule has 0 aliphatic carbocycles. The first kappa shape index (κ1) is 15.1. The smallest absolute Gasteiger partial charge is 0.119 e. The third-order valence-corrected chi connectivity index (χ3v) is 3.40. The number of benzene rings is 2. The third-order valence-electron chi connectivity index (χ3n) is 3.40. The molecule has 0 heterocycles. The zero-order valence-corrected chi connectivity index (χ0v) is 13.2. The second-order valence-electron chi connectivity index (χ2n) is 5.53. The number of methoxy groups -OCH3 is 1. The van der Waals surface area contributed by atoms with Crippen LogP contribution in [-0.4, -0.2) is 7.11 Å². The van der Waals surface area contributed by atoms with Crippen molar-refractivity contribution in [1.82, 2.24) is 0 Å². The summed E-state index contributed by atoms with van der Waals surface area (Å²) in [5.74, 6) is 0.885. The number of rotatable bonds is 4. The maximum Gasteiger partial charge on any atom is 0.119 e. The van der Waals surface area contributed by atoms with Crippen LogP contribution in [0.5, 0.6) is 5.75 Å². The average Bonchev–Trinajstić information content (AvgIpc) is 2.46. The molecule has 0 aliphatic rings. The van der Waals surface area contributed by atoms with Crippen molar-refractivity contribution in [1.29, 1.82) is 0 Å². The fourth-order valence-electron chi connectivity index (χ4n) is 2.25. The van der Waals surface area contributed by atoms with E-state index in [-0.39, 0.29) is 0 Å². The summed E-state index contributed by atoms with van der Waals surface area (Å²) in [5, 5.41) is 2.39. The van der Waals surface area contributed by atoms with E-state index in [1.807, 2.05) is 13.0 Å². The van der Waals surface area contributed by atoms with Crippen LogP contribution in [0.2, 0.25) is 0 Å². The first-order valence-corrected chi connectivity index (χ1v) is 7.10. The Bertz CT molecular complexity index is 729. The predicted molar refractivity (Wildman–Crippen MR) is 92.7 cm³/mol. The lowest BCUT2D eigenvalue weighted by molar-refractivity contribution is 0.415. The van der Waals surface area contributed by atoms with Crippen molar-refractivity contribution in [2.75, 3.05) is 7.11 Å². The Labute approximate surface area is 127 Å². The maximum absolute atomic E-state index is 5.27. The van der Waals surface area contributed by atoms with Crippen LogP contribution >= 0.6 is 0 Å². The highest BCUT2D eigenvalue weighted by atomic mass is 16.5. The molecule has 0 unspecified atom stereocenters. The molecule has 0 radical (unpaired) electrons. The van der Waals surface area contributed by atoms with Gasteiger partial charge in [0.25, 0.3) is 0 Å². The lowest BCUT2D eigenvalue weighted by Gasteiger charge is -2.09. The van der Waals surface area contributed by atoms with Crippen molar-refractivity contribution in [2.24, 2.45) is 0 Å². The van der Waals surface area contributed by atoms with Gasteiger partial charge in [-0.2, -0.15) is 0 Å². The average molecular weight is 278 g/mol. The molecule has 0 N–H and O–H groups in total. The highest BCUT2D eigenvalue weighted by molar-refractivity contribution is 5.90. The SMILES string of the molecule is C=C(C)/C(=C\C=C(C)C)c1ccc2cc(OC)ccc2c1.